The lowest BCUT2D eigenvalue weighted by atomic mass is 10.1. The highest BCUT2D eigenvalue weighted by Crippen LogP contribution is 2.38. The number of amides is 1. The third kappa shape index (κ3) is 6.27. The molecule has 0 radical (unpaired) electrons. The molecule has 21 heavy (non-hydrogen) atoms. The predicted molar refractivity (Wildman–Crippen MR) is 80.3 cm³/mol. The van der Waals surface area contributed by atoms with Crippen LogP contribution in [0.4, 0.5) is 5.69 Å². The minimum absolute atomic E-state index is 0.155. The molecule has 1 rings (SSSR count). The average molecular weight is 316 g/mol. The van der Waals surface area contributed by atoms with Crippen LogP contribution in [0.5, 0.6) is 0 Å². The summed E-state index contributed by atoms with van der Waals surface area (Å²) in [5.74, 6) is -0.337. The van der Waals surface area contributed by atoms with E-state index >= 15 is 0 Å². The van der Waals surface area contributed by atoms with Gasteiger partial charge < -0.3 is 25.2 Å². The third-order valence-corrected chi connectivity index (χ3v) is 3.49. The van der Waals surface area contributed by atoms with Crippen molar-refractivity contribution in [2.45, 2.75) is 19.1 Å². The molecule has 118 valence electrons. The number of carbonyl (C=O) groups excluding carboxylic acids is 1. The van der Waals surface area contributed by atoms with Crippen LogP contribution >= 0.6 is 7.60 Å². The van der Waals surface area contributed by atoms with Gasteiger partial charge in [-0.3, -0.25) is 9.36 Å². The summed E-state index contributed by atoms with van der Waals surface area (Å²) in [6, 6.07) is 5.87. The molecule has 0 aromatic heterocycles. The number of hydrogen-bond acceptors (Lipinski definition) is 5. The molecule has 0 aliphatic heterocycles. The minimum Gasteiger partial charge on any atom is -0.399 e. The fourth-order valence-electron chi connectivity index (χ4n) is 1.74. The van der Waals surface area contributed by atoms with Gasteiger partial charge in [0.2, 0.25) is 0 Å². The number of anilines is 1. The maximum atomic E-state index is 12.1. The molecule has 0 saturated carbocycles. The maximum absolute atomic E-state index is 12.1. The van der Waals surface area contributed by atoms with Gasteiger partial charge in [0.15, 0.2) is 0 Å². The van der Waals surface area contributed by atoms with Gasteiger partial charge in [-0.05, 0) is 31.2 Å². The minimum atomic E-state index is -3.64. The van der Waals surface area contributed by atoms with Gasteiger partial charge in [0, 0.05) is 25.0 Å². The topological polar surface area (TPSA) is 111 Å². The molecule has 0 spiro atoms. The summed E-state index contributed by atoms with van der Waals surface area (Å²) >= 11 is 0. The number of benzene rings is 1. The zero-order chi connectivity index (χ0) is 16.0. The van der Waals surface area contributed by atoms with E-state index in [0.717, 1.165) is 6.66 Å². The Kier molecular flexibility index (Phi) is 6.36. The largest absolute Gasteiger partial charge is 0.399 e. The van der Waals surface area contributed by atoms with Gasteiger partial charge in [-0.25, -0.2) is 0 Å². The number of methoxy groups -OCH3 is 1. The molecule has 0 fully saturated rings. The number of ether oxygens (including phenoxy) is 1. The molecule has 7 nitrogen and oxygen atoms in total. The molecule has 1 unspecified atom stereocenters. The van der Waals surface area contributed by atoms with Crippen molar-refractivity contribution >= 4 is 19.2 Å². The zero-order valence-electron chi connectivity index (χ0n) is 12.3. The molecule has 0 aliphatic carbocycles. The van der Waals surface area contributed by atoms with E-state index in [2.05, 4.69) is 5.32 Å². The Morgan fingerprint density at radius 1 is 1.43 bits per heavy atom. The van der Waals surface area contributed by atoms with Gasteiger partial charge in [0.1, 0.15) is 0 Å². The van der Waals surface area contributed by atoms with E-state index in [1.54, 1.807) is 31.2 Å². The Hall–Kier alpha value is -1.40. The van der Waals surface area contributed by atoms with Gasteiger partial charge in [-0.2, -0.15) is 0 Å². The van der Waals surface area contributed by atoms with Gasteiger partial charge in [0.05, 0.1) is 18.8 Å². The molecule has 8 heteroatoms. The smallest absolute Gasteiger partial charge is 0.325 e. The Bertz CT molecular complexity index is 514. The van der Waals surface area contributed by atoms with Gasteiger partial charge in [-0.15, -0.1) is 0 Å². The molecule has 4 N–H and O–H groups in total. The third-order valence-electron chi connectivity index (χ3n) is 2.76. The Morgan fingerprint density at radius 3 is 2.48 bits per heavy atom. The van der Waals surface area contributed by atoms with E-state index in [9.17, 15) is 14.3 Å². The molecule has 0 saturated heterocycles. The number of carbonyl (C=O) groups is 1. The summed E-state index contributed by atoms with van der Waals surface area (Å²) in [5, 5.41) is 2.71. The van der Waals surface area contributed by atoms with Gasteiger partial charge >= 0.3 is 7.60 Å². The van der Waals surface area contributed by atoms with E-state index in [1.807, 2.05) is 0 Å². The normalized spacial score (nSPS) is 16.8. The Labute approximate surface area is 124 Å². The van der Waals surface area contributed by atoms with Crippen LogP contribution in [-0.4, -0.2) is 43.3 Å². The van der Waals surface area contributed by atoms with Crippen molar-refractivity contribution in [3.05, 3.63) is 29.8 Å². The van der Waals surface area contributed by atoms with Crippen molar-refractivity contribution in [2.24, 2.45) is 0 Å². The van der Waals surface area contributed by atoms with Crippen LogP contribution in [0.2, 0.25) is 0 Å². The van der Waals surface area contributed by atoms with E-state index in [4.69, 9.17) is 15.0 Å². The zero-order valence-corrected chi connectivity index (χ0v) is 13.2. The van der Waals surface area contributed by atoms with E-state index in [0.29, 0.717) is 11.3 Å². The highest BCUT2D eigenvalue weighted by Gasteiger charge is 2.25. The number of hydrogen-bond donors (Lipinski definition) is 3. The van der Waals surface area contributed by atoms with Crippen molar-refractivity contribution in [1.29, 1.82) is 0 Å². The summed E-state index contributed by atoms with van der Waals surface area (Å²) in [6.45, 7) is 2.84. The number of nitrogens with one attached hydrogen (secondary N) is 1. The fourth-order valence-corrected chi connectivity index (χ4v) is 2.51. The first-order chi connectivity index (χ1) is 9.73. The Balaban J connectivity index is 2.75. The first kappa shape index (κ1) is 17.7. The van der Waals surface area contributed by atoms with Crippen molar-refractivity contribution in [2.75, 3.05) is 26.1 Å². The van der Waals surface area contributed by atoms with E-state index in [-0.39, 0.29) is 12.5 Å². The first-order valence-corrected chi connectivity index (χ1v) is 8.39. The number of nitrogens with two attached hydrogens (primary N) is 1. The van der Waals surface area contributed by atoms with Gasteiger partial charge in [0.25, 0.3) is 5.91 Å². The summed E-state index contributed by atoms with van der Waals surface area (Å²) in [6.07, 6.45) is -0.677. The van der Waals surface area contributed by atoms with Crippen LogP contribution in [-0.2, 0) is 13.8 Å². The van der Waals surface area contributed by atoms with Gasteiger partial charge in [-0.1, -0.05) is 0 Å². The molecule has 0 aliphatic rings. The second kappa shape index (κ2) is 7.56. The van der Waals surface area contributed by atoms with Crippen LogP contribution in [0, 0.1) is 0 Å². The molecule has 3 atom stereocenters. The average Bonchev–Trinajstić information content (AvgIpc) is 2.36. The molecule has 0 bridgehead atoms. The Morgan fingerprint density at radius 2 is 2.00 bits per heavy atom. The highest BCUT2D eigenvalue weighted by molar-refractivity contribution is 7.51. The summed E-state index contributed by atoms with van der Waals surface area (Å²) in [5.41, 5.74) is 6.55. The van der Waals surface area contributed by atoms with Crippen molar-refractivity contribution in [3.63, 3.8) is 0 Å². The lowest BCUT2D eigenvalue weighted by molar-refractivity contribution is 0.0702. The molecular formula is C13H21N2O5P. The standard InChI is InChI=1S/C13H21N2O5P/c1-9(20-21(3,17)18)12(8-19-2)15-13(16)10-4-6-11(14)7-5-10/h4-7,9,12H,8,14H2,1-3H3,(H,15,16)(H,17,18)/t9-,12-/m1/s1. The van der Waals surface area contributed by atoms with E-state index < -0.39 is 19.7 Å². The summed E-state index contributed by atoms with van der Waals surface area (Å²) in [7, 11) is -2.17. The second-order valence-corrected chi connectivity index (χ2v) is 6.59. The molecule has 1 amide bonds. The SMILES string of the molecule is COC[C@@H](NC(=O)c1ccc(N)cc1)[C@@H](C)OP(C)(=O)O. The van der Waals surface area contributed by atoms with Crippen molar-refractivity contribution in [1.82, 2.24) is 5.32 Å². The van der Waals surface area contributed by atoms with Crippen LogP contribution in [0.1, 0.15) is 17.3 Å². The molecule has 0 heterocycles. The van der Waals surface area contributed by atoms with E-state index in [1.165, 1.54) is 7.11 Å². The maximum Gasteiger partial charge on any atom is 0.325 e. The predicted octanol–water partition coefficient (Wildman–Crippen LogP) is 1.23. The second-order valence-electron chi connectivity index (χ2n) is 4.77. The number of rotatable bonds is 7. The van der Waals surface area contributed by atoms with Crippen LogP contribution < -0.4 is 11.1 Å². The highest BCUT2D eigenvalue weighted by atomic mass is 31.2. The summed E-state index contributed by atoms with van der Waals surface area (Å²) < 4.78 is 21.3. The quantitative estimate of drug-likeness (QED) is 0.515. The fraction of sp³-hybridized carbons (Fsp3) is 0.462. The number of nitrogen functional groups attached to an aromatic ring is 1. The monoisotopic (exact) mass is 316 g/mol. The molecule has 1 aromatic rings. The van der Waals surface area contributed by atoms with Crippen molar-refractivity contribution in [3.8, 4) is 0 Å². The molecule has 1 aromatic carbocycles. The lowest BCUT2D eigenvalue weighted by Gasteiger charge is -2.25. The lowest BCUT2D eigenvalue weighted by Crippen LogP contribution is -2.45. The summed E-state index contributed by atoms with van der Waals surface area (Å²) in [4.78, 5) is 21.4. The van der Waals surface area contributed by atoms with Crippen LogP contribution in [0.15, 0.2) is 24.3 Å². The first-order valence-electron chi connectivity index (χ1n) is 6.37. The van der Waals surface area contributed by atoms with Crippen molar-refractivity contribution < 1.29 is 23.5 Å². The van der Waals surface area contributed by atoms with Crippen LogP contribution in [0.25, 0.3) is 0 Å². The van der Waals surface area contributed by atoms with Crippen LogP contribution in [0.3, 0.4) is 0 Å². The molecular weight excluding hydrogens is 295 g/mol.